The third-order valence-electron chi connectivity index (χ3n) is 4.30. The van der Waals surface area contributed by atoms with Crippen molar-refractivity contribution in [3.63, 3.8) is 0 Å². The summed E-state index contributed by atoms with van der Waals surface area (Å²) in [5, 5.41) is 2.80. The van der Waals surface area contributed by atoms with Crippen molar-refractivity contribution in [3.05, 3.63) is 60.4 Å². The number of para-hydroxylation sites is 1. The molecular formula is C19H21N3O3. The molecule has 2 amide bonds. The Labute approximate surface area is 146 Å². The predicted octanol–water partition coefficient (Wildman–Crippen LogP) is 2.72. The zero-order valence-electron chi connectivity index (χ0n) is 13.9. The Kier molecular flexibility index (Phi) is 5.61. The average Bonchev–Trinajstić information content (AvgIpc) is 2.68. The summed E-state index contributed by atoms with van der Waals surface area (Å²) in [6, 6.07) is 12.5. The molecular weight excluding hydrogens is 318 g/mol. The van der Waals surface area contributed by atoms with Gasteiger partial charge in [0.1, 0.15) is 5.75 Å². The lowest BCUT2D eigenvalue weighted by Crippen LogP contribution is -2.42. The van der Waals surface area contributed by atoms with Gasteiger partial charge in [-0.25, -0.2) is 4.79 Å². The van der Waals surface area contributed by atoms with Gasteiger partial charge in [-0.05, 0) is 43.0 Å². The van der Waals surface area contributed by atoms with Crippen LogP contribution >= 0.6 is 0 Å². The zero-order chi connectivity index (χ0) is 17.5. The fourth-order valence-electron chi connectivity index (χ4n) is 2.87. The zero-order valence-corrected chi connectivity index (χ0v) is 13.9. The van der Waals surface area contributed by atoms with Gasteiger partial charge in [-0.15, -0.1) is 0 Å². The van der Waals surface area contributed by atoms with Crippen molar-refractivity contribution in [2.75, 3.05) is 19.6 Å². The smallest absolute Gasteiger partial charge is 0.410 e. The number of aromatic nitrogens is 1. The van der Waals surface area contributed by atoms with Gasteiger partial charge in [0.05, 0.1) is 5.56 Å². The van der Waals surface area contributed by atoms with Gasteiger partial charge in [-0.1, -0.05) is 18.2 Å². The van der Waals surface area contributed by atoms with E-state index in [-0.39, 0.29) is 5.91 Å². The Morgan fingerprint density at radius 2 is 1.88 bits per heavy atom. The first kappa shape index (κ1) is 17.0. The molecule has 0 bridgehead atoms. The molecule has 0 radical (unpaired) electrons. The number of piperidine rings is 1. The van der Waals surface area contributed by atoms with E-state index >= 15 is 0 Å². The number of carbonyl (C=O) groups is 2. The molecule has 1 fully saturated rings. The van der Waals surface area contributed by atoms with Gasteiger partial charge >= 0.3 is 6.09 Å². The van der Waals surface area contributed by atoms with Crippen molar-refractivity contribution in [2.24, 2.45) is 5.92 Å². The minimum atomic E-state index is -0.444. The lowest BCUT2D eigenvalue weighted by Gasteiger charge is -2.32. The average molecular weight is 339 g/mol. The summed E-state index contributed by atoms with van der Waals surface area (Å²) in [5.41, 5.74) is 0.616. The van der Waals surface area contributed by atoms with E-state index in [1.807, 2.05) is 23.1 Å². The van der Waals surface area contributed by atoms with E-state index in [2.05, 4.69) is 10.3 Å². The monoisotopic (exact) mass is 339 g/mol. The van der Waals surface area contributed by atoms with Crippen LogP contribution in [0.4, 0.5) is 4.79 Å². The second kappa shape index (κ2) is 8.28. The molecule has 2 heterocycles. The number of amides is 2. The quantitative estimate of drug-likeness (QED) is 0.930. The van der Waals surface area contributed by atoms with Gasteiger partial charge in [-0.3, -0.25) is 9.78 Å². The largest absolute Gasteiger partial charge is 0.412 e. The van der Waals surface area contributed by atoms with E-state index in [1.54, 1.807) is 36.7 Å². The van der Waals surface area contributed by atoms with Crippen LogP contribution in [-0.2, 0) is 0 Å². The molecule has 1 saturated heterocycles. The molecule has 1 aliphatic rings. The standard InChI is InChI=1S/C19H21N3O3/c23-18(16-5-4-10-20-14-16)22-11-8-15(9-12-22)13-21-19(24)25-17-6-2-1-3-7-17/h1-7,10,14-15H,8-9,11-13H2,(H,21,24). The number of rotatable bonds is 4. The van der Waals surface area contributed by atoms with E-state index in [9.17, 15) is 9.59 Å². The maximum absolute atomic E-state index is 12.4. The maximum Gasteiger partial charge on any atom is 0.412 e. The topological polar surface area (TPSA) is 71.5 Å². The lowest BCUT2D eigenvalue weighted by atomic mass is 9.96. The summed E-state index contributed by atoms with van der Waals surface area (Å²) in [6.45, 7) is 1.93. The molecule has 1 aliphatic heterocycles. The fourth-order valence-corrected chi connectivity index (χ4v) is 2.87. The number of hydrogen-bond acceptors (Lipinski definition) is 4. The molecule has 130 valence electrons. The van der Waals surface area contributed by atoms with Gasteiger partial charge in [0.2, 0.25) is 0 Å². The van der Waals surface area contributed by atoms with E-state index in [0.717, 1.165) is 12.8 Å². The number of hydrogen-bond donors (Lipinski definition) is 1. The molecule has 0 unspecified atom stereocenters. The fraction of sp³-hybridized carbons (Fsp3) is 0.316. The molecule has 3 rings (SSSR count). The highest BCUT2D eigenvalue weighted by Gasteiger charge is 2.24. The Balaban J connectivity index is 1.41. The van der Waals surface area contributed by atoms with Crippen LogP contribution in [0, 0.1) is 5.92 Å². The molecule has 0 saturated carbocycles. The summed E-state index contributed by atoms with van der Waals surface area (Å²) in [6.07, 6.45) is 4.52. The van der Waals surface area contributed by atoms with E-state index in [1.165, 1.54) is 0 Å². The first-order valence-electron chi connectivity index (χ1n) is 8.42. The second-order valence-corrected chi connectivity index (χ2v) is 6.06. The Bertz CT molecular complexity index is 698. The van der Waals surface area contributed by atoms with E-state index in [4.69, 9.17) is 4.74 Å². The summed E-state index contributed by atoms with van der Waals surface area (Å²) in [5.74, 6) is 0.890. The number of pyridine rings is 1. The van der Waals surface area contributed by atoms with E-state index in [0.29, 0.717) is 36.9 Å². The highest BCUT2D eigenvalue weighted by molar-refractivity contribution is 5.93. The first-order valence-corrected chi connectivity index (χ1v) is 8.42. The number of nitrogens with zero attached hydrogens (tertiary/aromatic N) is 2. The third kappa shape index (κ3) is 4.79. The van der Waals surface area contributed by atoms with Gasteiger partial charge in [0, 0.05) is 32.0 Å². The molecule has 25 heavy (non-hydrogen) atoms. The molecule has 1 aromatic heterocycles. The minimum Gasteiger partial charge on any atom is -0.410 e. The van der Waals surface area contributed by atoms with Crippen LogP contribution < -0.4 is 10.1 Å². The van der Waals surface area contributed by atoms with Crippen LogP contribution in [-0.4, -0.2) is 41.5 Å². The second-order valence-electron chi connectivity index (χ2n) is 6.06. The summed E-state index contributed by atoms with van der Waals surface area (Å²) in [7, 11) is 0. The first-order chi connectivity index (χ1) is 12.2. The Morgan fingerprint density at radius 1 is 1.12 bits per heavy atom. The van der Waals surface area contributed by atoms with Gasteiger partial charge in [0.15, 0.2) is 0 Å². The number of likely N-dealkylation sites (tertiary alicyclic amines) is 1. The van der Waals surface area contributed by atoms with Gasteiger partial charge in [-0.2, -0.15) is 0 Å². The Morgan fingerprint density at radius 3 is 2.56 bits per heavy atom. The van der Waals surface area contributed by atoms with Crippen molar-refractivity contribution >= 4 is 12.0 Å². The Hall–Kier alpha value is -2.89. The van der Waals surface area contributed by atoms with Crippen molar-refractivity contribution in [1.82, 2.24) is 15.2 Å². The van der Waals surface area contributed by atoms with E-state index < -0.39 is 6.09 Å². The third-order valence-corrected chi connectivity index (χ3v) is 4.30. The molecule has 6 heteroatoms. The highest BCUT2D eigenvalue weighted by Crippen LogP contribution is 2.18. The van der Waals surface area contributed by atoms with Crippen molar-refractivity contribution in [1.29, 1.82) is 0 Å². The maximum atomic E-state index is 12.4. The van der Waals surface area contributed by atoms with Gasteiger partial charge < -0.3 is 15.0 Å². The van der Waals surface area contributed by atoms with Crippen LogP contribution in [0.3, 0.4) is 0 Å². The minimum absolute atomic E-state index is 0.0167. The number of carbonyl (C=O) groups excluding carboxylic acids is 2. The molecule has 1 aromatic carbocycles. The molecule has 1 N–H and O–H groups in total. The summed E-state index contributed by atoms with van der Waals surface area (Å²) >= 11 is 0. The molecule has 0 atom stereocenters. The molecule has 0 spiro atoms. The molecule has 2 aromatic rings. The van der Waals surface area contributed by atoms with Crippen molar-refractivity contribution in [2.45, 2.75) is 12.8 Å². The SMILES string of the molecule is O=C(NCC1CCN(C(=O)c2cccnc2)CC1)Oc1ccccc1. The number of benzene rings is 1. The molecule has 0 aliphatic carbocycles. The highest BCUT2D eigenvalue weighted by atomic mass is 16.6. The number of nitrogens with one attached hydrogen (secondary N) is 1. The lowest BCUT2D eigenvalue weighted by molar-refractivity contribution is 0.0689. The van der Waals surface area contributed by atoms with Crippen molar-refractivity contribution < 1.29 is 14.3 Å². The van der Waals surface area contributed by atoms with Crippen LogP contribution in [0.2, 0.25) is 0 Å². The normalized spacial score (nSPS) is 14.8. The van der Waals surface area contributed by atoms with Gasteiger partial charge in [0.25, 0.3) is 5.91 Å². The van der Waals surface area contributed by atoms with Crippen LogP contribution in [0.15, 0.2) is 54.9 Å². The van der Waals surface area contributed by atoms with Crippen LogP contribution in [0.5, 0.6) is 5.75 Å². The van der Waals surface area contributed by atoms with Crippen LogP contribution in [0.25, 0.3) is 0 Å². The summed E-state index contributed by atoms with van der Waals surface area (Å²) in [4.78, 5) is 30.0. The molecule has 6 nitrogen and oxygen atoms in total. The van der Waals surface area contributed by atoms with Crippen molar-refractivity contribution in [3.8, 4) is 5.75 Å². The predicted molar refractivity (Wildman–Crippen MR) is 93.3 cm³/mol. The number of ether oxygens (including phenoxy) is 1. The van der Waals surface area contributed by atoms with Crippen LogP contribution in [0.1, 0.15) is 23.2 Å². The summed E-state index contributed by atoms with van der Waals surface area (Å²) < 4.78 is 5.20.